The third-order valence-electron chi connectivity index (χ3n) is 2.95. The zero-order chi connectivity index (χ0) is 15.2. The van der Waals surface area contributed by atoms with E-state index in [4.69, 9.17) is 9.47 Å². The fourth-order valence-corrected chi connectivity index (χ4v) is 1.91. The Morgan fingerprint density at radius 2 is 1.71 bits per heavy atom. The summed E-state index contributed by atoms with van der Waals surface area (Å²) in [6.07, 6.45) is 0.175. The van der Waals surface area contributed by atoms with Gasteiger partial charge in [0.15, 0.2) is 11.5 Å². The summed E-state index contributed by atoms with van der Waals surface area (Å²) in [5, 5.41) is 2.76. The molecule has 4 nitrogen and oxygen atoms in total. The summed E-state index contributed by atoms with van der Waals surface area (Å²) < 4.78 is 23.1. The number of methoxy groups -OCH3 is 2. The first-order chi connectivity index (χ1) is 10.1. The molecule has 2 rings (SSSR count). The molecule has 0 fully saturated rings. The normalized spacial score (nSPS) is 10.0. The summed E-state index contributed by atoms with van der Waals surface area (Å²) in [5.74, 6) is 0.624. The van der Waals surface area contributed by atoms with Crippen LogP contribution in [0.5, 0.6) is 11.5 Å². The standard InChI is InChI=1S/C16H16FNO3/c1-20-14-8-7-13(10-15(14)21-2)18-16(19)9-11-3-5-12(17)6-4-11/h3-8,10H,9H2,1-2H3,(H,18,19). The molecular weight excluding hydrogens is 273 g/mol. The lowest BCUT2D eigenvalue weighted by molar-refractivity contribution is -0.115. The molecule has 0 aliphatic rings. The lowest BCUT2D eigenvalue weighted by atomic mass is 10.1. The van der Waals surface area contributed by atoms with Crippen LogP contribution in [0.25, 0.3) is 0 Å². The molecule has 1 N–H and O–H groups in total. The highest BCUT2D eigenvalue weighted by atomic mass is 19.1. The predicted octanol–water partition coefficient (Wildman–Crippen LogP) is 3.02. The van der Waals surface area contributed by atoms with Crippen LogP contribution >= 0.6 is 0 Å². The molecule has 2 aromatic carbocycles. The lowest BCUT2D eigenvalue weighted by Gasteiger charge is -2.10. The molecule has 0 aliphatic heterocycles. The fraction of sp³-hybridized carbons (Fsp3) is 0.188. The largest absolute Gasteiger partial charge is 0.493 e. The second kappa shape index (κ2) is 6.74. The van der Waals surface area contributed by atoms with E-state index in [0.29, 0.717) is 17.2 Å². The van der Waals surface area contributed by atoms with Crippen LogP contribution in [-0.4, -0.2) is 20.1 Å². The van der Waals surface area contributed by atoms with Crippen LogP contribution in [0.2, 0.25) is 0 Å². The first-order valence-corrected chi connectivity index (χ1v) is 6.38. The van der Waals surface area contributed by atoms with Crippen molar-refractivity contribution in [3.05, 3.63) is 53.8 Å². The molecule has 0 unspecified atom stereocenters. The van der Waals surface area contributed by atoms with Gasteiger partial charge in [0.25, 0.3) is 0 Å². The molecule has 0 aliphatic carbocycles. The highest BCUT2D eigenvalue weighted by molar-refractivity contribution is 5.92. The van der Waals surface area contributed by atoms with Crippen molar-refractivity contribution in [1.29, 1.82) is 0 Å². The quantitative estimate of drug-likeness (QED) is 0.920. The maximum atomic E-state index is 12.8. The number of benzene rings is 2. The zero-order valence-corrected chi connectivity index (χ0v) is 11.9. The minimum Gasteiger partial charge on any atom is -0.493 e. The van der Waals surface area contributed by atoms with Crippen molar-refractivity contribution in [2.24, 2.45) is 0 Å². The van der Waals surface area contributed by atoms with Gasteiger partial charge in [0.05, 0.1) is 20.6 Å². The number of carbonyl (C=O) groups excluding carboxylic acids is 1. The summed E-state index contributed by atoms with van der Waals surface area (Å²) in [5.41, 5.74) is 1.36. The number of anilines is 1. The van der Waals surface area contributed by atoms with Crippen LogP contribution in [0.1, 0.15) is 5.56 Å². The second-order valence-corrected chi connectivity index (χ2v) is 4.42. The monoisotopic (exact) mass is 289 g/mol. The highest BCUT2D eigenvalue weighted by Crippen LogP contribution is 2.29. The molecule has 110 valence electrons. The van der Waals surface area contributed by atoms with E-state index in [-0.39, 0.29) is 18.1 Å². The summed E-state index contributed by atoms with van der Waals surface area (Å²) >= 11 is 0. The molecule has 0 atom stereocenters. The molecular formula is C16H16FNO3. The van der Waals surface area contributed by atoms with Crippen LogP contribution in [-0.2, 0) is 11.2 Å². The number of carbonyl (C=O) groups is 1. The van der Waals surface area contributed by atoms with Crippen molar-refractivity contribution in [3.63, 3.8) is 0 Å². The zero-order valence-electron chi connectivity index (χ0n) is 11.9. The van der Waals surface area contributed by atoms with Gasteiger partial charge < -0.3 is 14.8 Å². The third kappa shape index (κ3) is 3.95. The van der Waals surface area contributed by atoms with Gasteiger partial charge >= 0.3 is 0 Å². The number of hydrogen-bond donors (Lipinski definition) is 1. The van der Waals surface area contributed by atoms with E-state index in [1.165, 1.54) is 19.2 Å². The highest BCUT2D eigenvalue weighted by Gasteiger charge is 2.08. The van der Waals surface area contributed by atoms with Crippen molar-refractivity contribution < 1.29 is 18.7 Å². The molecule has 1 amide bonds. The van der Waals surface area contributed by atoms with E-state index in [0.717, 1.165) is 5.56 Å². The Labute approximate surface area is 122 Å². The van der Waals surface area contributed by atoms with Crippen molar-refractivity contribution in [2.75, 3.05) is 19.5 Å². The van der Waals surface area contributed by atoms with E-state index in [9.17, 15) is 9.18 Å². The minimum absolute atomic E-state index is 0.175. The van der Waals surface area contributed by atoms with Crippen molar-refractivity contribution in [1.82, 2.24) is 0 Å². The first-order valence-electron chi connectivity index (χ1n) is 6.38. The SMILES string of the molecule is COc1ccc(NC(=O)Cc2ccc(F)cc2)cc1OC. The third-order valence-corrected chi connectivity index (χ3v) is 2.95. The van der Waals surface area contributed by atoms with Gasteiger partial charge in [-0.1, -0.05) is 12.1 Å². The van der Waals surface area contributed by atoms with Gasteiger partial charge in [-0.05, 0) is 29.8 Å². The number of ether oxygens (including phenoxy) is 2. The van der Waals surface area contributed by atoms with Gasteiger partial charge in [0, 0.05) is 11.8 Å². The minimum atomic E-state index is -0.320. The molecule has 2 aromatic rings. The Hall–Kier alpha value is -2.56. The number of amides is 1. The van der Waals surface area contributed by atoms with Gasteiger partial charge in [-0.3, -0.25) is 4.79 Å². The van der Waals surface area contributed by atoms with Gasteiger partial charge in [-0.2, -0.15) is 0 Å². The van der Waals surface area contributed by atoms with Gasteiger partial charge in [0.1, 0.15) is 5.82 Å². The molecule has 0 saturated heterocycles. The number of nitrogens with one attached hydrogen (secondary N) is 1. The Morgan fingerprint density at radius 1 is 1.05 bits per heavy atom. The lowest BCUT2D eigenvalue weighted by Crippen LogP contribution is -2.14. The van der Waals surface area contributed by atoms with Gasteiger partial charge in [-0.25, -0.2) is 4.39 Å². The molecule has 0 bridgehead atoms. The summed E-state index contributed by atoms with van der Waals surface area (Å²) in [6, 6.07) is 11.0. The van der Waals surface area contributed by atoms with E-state index in [1.807, 2.05) is 0 Å². The van der Waals surface area contributed by atoms with Gasteiger partial charge in [0.2, 0.25) is 5.91 Å². The van der Waals surface area contributed by atoms with E-state index >= 15 is 0 Å². The molecule has 0 aromatic heterocycles. The summed E-state index contributed by atoms with van der Waals surface area (Å²) in [7, 11) is 3.08. The second-order valence-electron chi connectivity index (χ2n) is 4.42. The maximum absolute atomic E-state index is 12.8. The van der Waals surface area contributed by atoms with Crippen LogP contribution in [0, 0.1) is 5.82 Å². The Kier molecular flexibility index (Phi) is 4.77. The molecule has 0 heterocycles. The maximum Gasteiger partial charge on any atom is 0.228 e. The molecule has 0 radical (unpaired) electrons. The molecule has 0 spiro atoms. The smallest absolute Gasteiger partial charge is 0.228 e. The number of hydrogen-bond acceptors (Lipinski definition) is 3. The van der Waals surface area contributed by atoms with Crippen LogP contribution < -0.4 is 14.8 Å². The van der Waals surface area contributed by atoms with Crippen molar-refractivity contribution >= 4 is 11.6 Å². The molecule has 5 heteroatoms. The van der Waals surface area contributed by atoms with E-state index in [2.05, 4.69) is 5.32 Å². The van der Waals surface area contributed by atoms with Crippen LogP contribution in [0.4, 0.5) is 10.1 Å². The number of rotatable bonds is 5. The van der Waals surface area contributed by atoms with Crippen LogP contribution in [0.3, 0.4) is 0 Å². The summed E-state index contributed by atoms with van der Waals surface area (Å²) in [6.45, 7) is 0. The summed E-state index contributed by atoms with van der Waals surface area (Å²) in [4.78, 5) is 11.9. The first kappa shape index (κ1) is 14.8. The average molecular weight is 289 g/mol. The average Bonchev–Trinajstić information content (AvgIpc) is 2.49. The van der Waals surface area contributed by atoms with Crippen molar-refractivity contribution in [3.8, 4) is 11.5 Å². The molecule has 21 heavy (non-hydrogen) atoms. The van der Waals surface area contributed by atoms with Crippen molar-refractivity contribution in [2.45, 2.75) is 6.42 Å². The van der Waals surface area contributed by atoms with Gasteiger partial charge in [-0.15, -0.1) is 0 Å². The topological polar surface area (TPSA) is 47.6 Å². The van der Waals surface area contributed by atoms with E-state index < -0.39 is 0 Å². The molecule has 0 saturated carbocycles. The predicted molar refractivity (Wildman–Crippen MR) is 78.3 cm³/mol. The Bertz CT molecular complexity index is 626. The number of halogens is 1. The van der Waals surface area contributed by atoms with Crippen LogP contribution in [0.15, 0.2) is 42.5 Å². The Balaban J connectivity index is 2.04. The Morgan fingerprint density at radius 3 is 2.33 bits per heavy atom. The van der Waals surface area contributed by atoms with E-state index in [1.54, 1.807) is 37.4 Å². The fourth-order valence-electron chi connectivity index (χ4n) is 1.91.